The topological polar surface area (TPSA) is 89.1 Å². The van der Waals surface area contributed by atoms with Crippen molar-refractivity contribution >= 4 is 11.8 Å². The lowest BCUT2D eigenvalue weighted by Gasteiger charge is -2.02. The average Bonchev–Trinajstić information content (AvgIpc) is 2.82. The molecule has 0 aromatic carbocycles. The predicted octanol–water partition coefficient (Wildman–Crippen LogP) is 0.563. The molecule has 0 spiro atoms. The first-order valence-corrected chi connectivity index (χ1v) is 4.50. The largest absolute Gasteiger partial charge is 0.481 e. The standard InChI is InChI=1S/C9H11N3O2/c10-7-3-6(5-1-2-5)11-8(12-7)4-9(13)14/h3,5H,1-2,4H2,(H,13,14)(H2,10,11,12). The number of carbonyl (C=O) groups is 1. The first kappa shape index (κ1) is 8.93. The second-order valence-corrected chi connectivity index (χ2v) is 3.48. The van der Waals surface area contributed by atoms with Gasteiger partial charge in [0, 0.05) is 17.7 Å². The predicted molar refractivity (Wildman–Crippen MR) is 49.8 cm³/mol. The van der Waals surface area contributed by atoms with E-state index < -0.39 is 5.97 Å². The Morgan fingerprint density at radius 2 is 2.29 bits per heavy atom. The van der Waals surface area contributed by atoms with Crippen molar-refractivity contribution in [2.45, 2.75) is 25.2 Å². The third-order valence-corrected chi connectivity index (χ3v) is 2.12. The summed E-state index contributed by atoms with van der Waals surface area (Å²) in [5, 5.41) is 8.58. The summed E-state index contributed by atoms with van der Waals surface area (Å²) in [4.78, 5) is 18.5. The van der Waals surface area contributed by atoms with E-state index in [-0.39, 0.29) is 6.42 Å². The molecule has 3 N–H and O–H groups in total. The van der Waals surface area contributed by atoms with E-state index in [1.54, 1.807) is 6.07 Å². The number of carboxylic acid groups (broad SMARTS) is 1. The van der Waals surface area contributed by atoms with Crippen molar-refractivity contribution in [2.75, 3.05) is 5.73 Å². The van der Waals surface area contributed by atoms with E-state index in [0.717, 1.165) is 18.5 Å². The van der Waals surface area contributed by atoms with Gasteiger partial charge in [-0.05, 0) is 12.8 Å². The summed E-state index contributed by atoms with van der Waals surface area (Å²) in [5.41, 5.74) is 6.44. The minimum absolute atomic E-state index is 0.162. The van der Waals surface area contributed by atoms with E-state index in [1.165, 1.54) is 0 Å². The second kappa shape index (κ2) is 3.25. The summed E-state index contributed by atoms with van der Waals surface area (Å²) in [6.07, 6.45) is 2.07. The van der Waals surface area contributed by atoms with Gasteiger partial charge in [0.05, 0.1) is 0 Å². The SMILES string of the molecule is Nc1cc(C2CC2)nc(CC(=O)O)n1. The number of hydrogen-bond donors (Lipinski definition) is 2. The van der Waals surface area contributed by atoms with Crippen molar-refractivity contribution < 1.29 is 9.90 Å². The quantitative estimate of drug-likeness (QED) is 0.732. The van der Waals surface area contributed by atoms with Crippen LogP contribution in [0.3, 0.4) is 0 Å². The van der Waals surface area contributed by atoms with Crippen LogP contribution in [0, 0.1) is 0 Å². The molecule has 0 bridgehead atoms. The molecule has 2 rings (SSSR count). The van der Waals surface area contributed by atoms with Crippen LogP contribution in [-0.2, 0) is 11.2 Å². The van der Waals surface area contributed by atoms with E-state index in [4.69, 9.17) is 10.8 Å². The highest BCUT2D eigenvalue weighted by atomic mass is 16.4. The Kier molecular flexibility index (Phi) is 2.07. The van der Waals surface area contributed by atoms with Crippen molar-refractivity contribution in [3.63, 3.8) is 0 Å². The van der Waals surface area contributed by atoms with Crippen LogP contribution in [0.25, 0.3) is 0 Å². The van der Waals surface area contributed by atoms with Crippen LogP contribution in [0.4, 0.5) is 5.82 Å². The highest BCUT2D eigenvalue weighted by Gasteiger charge is 2.26. The number of aliphatic carboxylic acids is 1. The van der Waals surface area contributed by atoms with E-state index in [1.807, 2.05) is 0 Å². The third kappa shape index (κ3) is 1.99. The van der Waals surface area contributed by atoms with Crippen molar-refractivity contribution in [3.05, 3.63) is 17.6 Å². The lowest BCUT2D eigenvalue weighted by molar-refractivity contribution is -0.136. The van der Waals surface area contributed by atoms with Crippen LogP contribution in [0.15, 0.2) is 6.07 Å². The molecule has 14 heavy (non-hydrogen) atoms. The van der Waals surface area contributed by atoms with Gasteiger partial charge < -0.3 is 10.8 Å². The molecule has 1 aromatic heterocycles. The highest BCUT2D eigenvalue weighted by molar-refractivity contribution is 5.69. The Morgan fingerprint density at radius 3 is 2.86 bits per heavy atom. The van der Waals surface area contributed by atoms with Gasteiger partial charge in [-0.25, -0.2) is 9.97 Å². The lowest BCUT2D eigenvalue weighted by Crippen LogP contribution is -2.08. The number of aromatic nitrogens is 2. The second-order valence-electron chi connectivity index (χ2n) is 3.48. The minimum atomic E-state index is -0.933. The Bertz CT molecular complexity index is 374. The van der Waals surface area contributed by atoms with E-state index >= 15 is 0 Å². The highest BCUT2D eigenvalue weighted by Crippen LogP contribution is 2.39. The van der Waals surface area contributed by atoms with Crippen LogP contribution in [0.5, 0.6) is 0 Å². The lowest BCUT2D eigenvalue weighted by atomic mass is 10.2. The first-order valence-electron chi connectivity index (χ1n) is 4.50. The summed E-state index contributed by atoms with van der Waals surface area (Å²) in [6.45, 7) is 0. The third-order valence-electron chi connectivity index (χ3n) is 2.12. The summed E-state index contributed by atoms with van der Waals surface area (Å²) in [5.74, 6) is 0.197. The van der Waals surface area contributed by atoms with Crippen LogP contribution in [-0.4, -0.2) is 21.0 Å². The van der Waals surface area contributed by atoms with Crippen molar-refractivity contribution in [1.29, 1.82) is 0 Å². The zero-order valence-electron chi connectivity index (χ0n) is 7.60. The Labute approximate surface area is 81.0 Å². The molecule has 0 amide bonds. The number of carboxylic acids is 1. The number of anilines is 1. The molecule has 74 valence electrons. The molecule has 1 heterocycles. The van der Waals surface area contributed by atoms with Gasteiger partial charge in [0.2, 0.25) is 0 Å². The van der Waals surface area contributed by atoms with Crippen LogP contribution < -0.4 is 5.73 Å². The maximum atomic E-state index is 10.5. The molecule has 5 heteroatoms. The summed E-state index contributed by atoms with van der Waals surface area (Å²) >= 11 is 0. The first-order chi connectivity index (χ1) is 6.65. The molecule has 1 aliphatic rings. The molecule has 1 aliphatic carbocycles. The molecule has 1 aromatic rings. The number of rotatable bonds is 3. The number of nitrogen functional groups attached to an aromatic ring is 1. The molecule has 5 nitrogen and oxygen atoms in total. The molecule has 0 unspecified atom stereocenters. The molecule has 0 radical (unpaired) electrons. The number of nitrogens with two attached hydrogens (primary N) is 1. The Morgan fingerprint density at radius 1 is 1.57 bits per heavy atom. The fraction of sp³-hybridized carbons (Fsp3) is 0.444. The Hall–Kier alpha value is -1.65. The zero-order valence-corrected chi connectivity index (χ0v) is 7.60. The minimum Gasteiger partial charge on any atom is -0.481 e. The molecule has 0 atom stereocenters. The fourth-order valence-electron chi connectivity index (χ4n) is 1.34. The molecular weight excluding hydrogens is 182 g/mol. The normalized spacial score (nSPS) is 15.4. The van der Waals surface area contributed by atoms with Crippen molar-refractivity contribution in [3.8, 4) is 0 Å². The van der Waals surface area contributed by atoms with Gasteiger partial charge in [0.1, 0.15) is 18.1 Å². The van der Waals surface area contributed by atoms with Crippen molar-refractivity contribution in [1.82, 2.24) is 9.97 Å². The maximum Gasteiger partial charge on any atom is 0.311 e. The van der Waals surface area contributed by atoms with Gasteiger partial charge in [-0.15, -0.1) is 0 Å². The smallest absolute Gasteiger partial charge is 0.311 e. The number of hydrogen-bond acceptors (Lipinski definition) is 4. The maximum absolute atomic E-state index is 10.5. The van der Waals surface area contributed by atoms with E-state index in [9.17, 15) is 4.79 Å². The van der Waals surface area contributed by atoms with Crippen LogP contribution >= 0.6 is 0 Å². The molecule has 0 aliphatic heterocycles. The summed E-state index contributed by atoms with van der Waals surface area (Å²) in [6, 6.07) is 1.73. The fourth-order valence-corrected chi connectivity index (χ4v) is 1.34. The van der Waals surface area contributed by atoms with Gasteiger partial charge >= 0.3 is 5.97 Å². The summed E-state index contributed by atoms with van der Waals surface area (Å²) in [7, 11) is 0. The van der Waals surface area contributed by atoms with Crippen LogP contribution in [0.2, 0.25) is 0 Å². The van der Waals surface area contributed by atoms with Gasteiger partial charge in [0.25, 0.3) is 0 Å². The van der Waals surface area contributed by atoms with Crippen LogP contribution in [0.1, 0.15) is 30.3 Å². The molecular formula is C9H11N3O2. The van der Waals surface area contributed by atoms with Crippen molar-refractivity contribution in [2.24, 2.45) is 0 Å². The van der Waals surface area contributed by atoms with Gasteiger partial charge in [-0.1, -0.05) is 0 Å². The van der Waals surface area contributed by atoms with E-state index in [0.29, 0.717) is 17.6 Å². The summed E-state index contributed by atoms with van der Waals surface area (Å²) < 4.78 is 0. The van der Waals surface area contributed by atoms with Gasteiger partial charge in [-0.2, -0.15) is 0 Å². The van der Waals surface area contributed by atoms with Gasteiger partial charge in [-0.3, -0.25) is 4.79 Å². The monoisotopic (exact) mass is 193 g/mol. The molecule has 0 saturated heterocycles. The molecule has 1 saturated carbocycles. The molecule has 1 fully saturated rings. The van der Waals surface area contributed by atoms with Gasteiger partial charge in [0.15, 0.2) is 0 Å². The Balaban J connectivity index is 2.26. The number of nitrogens with zero attached hydrogens (tertiary/aromatic N) is 2. The zero-order chi connectivity index (χ0) is 10.1. The average molecular weight is 193 g/mol. The van der Waals surface area contributed by atoms with E-state index in [2.05, 4.69) is 9.97 Å².